The van der Waals surface area contributed by atoms with Crippen molar-refractivity contribution >= 4 is 17.3 Å². The molecule has 0 aliphatic rings. The highest BCUT2D eigenvalue weighted by Crippen LogP contribution is 2.23. The van der Waals surface area contributed by atoms with Crippen LogP contribution in [0.2, 0.25) is 5.02 Å². The van der Waals surface area contributed by atoms with E-state index in [1.807, 2.05) is 20.8 Å². The molecule has 1 radical (unpaired) electrons. The maximum absolute atomic E-state index is 11.7. The highest BCUT2D eigenvalue weighted by molar-refractivity contribution is 6.30. The molecule has 0 amide bonds. The van der Waals surface area contributed by atoms with Crippen molar-refractivity contribution in [1.82, 2.24) is 0 Å². The zero-order chi connectivity index (χ0) is 10.1. The predicted octanol–water partition coefficient (Wildman–Crippen LogP) is 3.29. The number of rotatable bonds is 1. The van der Waals surface area contributed by atoms with E-state index in [-0.39, 0.29) is 0 Å². The number of hydrogen-bond donors (Lipinski definition) is 0. The molecular weight excluding hydrogens is 186 g/mol. The van der Waals surface area contributed by atoms with Crippen molar-refractivity contribution in [1.29, 1.82) is 0 Å². The summed E-state index contributed by atoms with van der Waals surface area (Å²) in [6.07, 6.45) is 0. The first-order chi connectivity index (χ1) is 5.91. The van der Waals surface area contributed by atoms with Gasteiger partial charge in [0.05, 0.1) is 11.2 Å². The molecule has 0 aliphatic heterocycles. The second-order valence-corrected chi connectivity index (χ2v) is 4.38. The van der Waals surface area contributed by atoms with Gasteiger partial charge >= 0.3 is 0 Å². The molecule has 0 fully saturated rings. The number of benzene rings is 1. The van der Waals surface area contributed by atoms with E-state index in [0.29, 0.717) is 10.7 Å². The Morgan fingerprint density at radius 1 is 1.15 bits per heavy atom. The van der Waals surface area contributed by atoms with Gasteiger partial charge in [-0.1, -0.05) is 16.8 Å². The molecule has 1 rings (SSSR count). The molecule has 0 N–H and O–H groups in total. The van der Waals surface area contributed by atoms with E-state index in [2.05, 4.69) is 0 Å². The zero-order valence-corrected chi connectivity index (χ0v) is 8.80. The summed E-state index contributed by atoms with van der Waals surface area (Å²) < 4.78 is 0. The molecule has 0 unspecified atom stereocenters. The van der Waals surface area contributed by atoms with E-state index in [1.54, 1.807) is 24.3 Å². The summed E-state index contributed by atoms with van der Waals surface area (Å²) >= 11 is 5.71. The summed E-state index contributed by atoms with van der Waals surface area (Å²) in [4.78, 5) is 0. The molecule has 0 aliphatic carbocycles. The maximum atomic E-state index is 11.7. The monoisotopic (exact) mass is 198 g/mol. The van der Waals surface area contributed by atoms with Crippen LogP contribution in [0.15, 0.2) is 24.3 Å². The van der Waals surface area contributed by atoms with E-state index < -0.39 is 5.54 Å². The van der Waals surface area contributed by atoms with Gasteiger partial charge in [-0.05, 0) is 45.0 Å². The number of hydroxylamine groups is 1. The molecule has 3 heteroatoms. The van der Waals surface area contributed by atoms with Gasteiger partial charge in [-0.25, -0.2) is 5.06 Å². The van der Waals surface area contributed by atoms with Crippen LogP contribution in [0.3, 0.4) is 0 Å². The predicted molar refractivity (Wildman–Crippen MR) is 54.4 cm³/mol. The van der Waals surface area contributed by atoms with E-state index in [4.69, 9.17) is 11.6 Å². The Morgan fingerprint density at radius 2 is 1.62 bits per heavy atom. The van der Waals surface area contributed by atoms with E-state index >= 15 is 0 Å². The average Bonchev–Trinajstić information content (AvgIpc) is 2.03. The Kier molecular flexibility index (Phi) is 2.84. The largest absolute Gasteiger partial charge is 0.215 e. The first kappa shape index (κ1) is 10.4. The summed E-state index contributed by atoms with van der Waals surface area (Å²) in [5, 5.41) is 13.3. The molecular formula is C10H13ClNO. The molecule has 1 aromatic carbocycles. The Balaban J connectivity index is 2.90. The van der Waals surface area contributed by atoms with Crippen LogP contribution in [-0.4, -0.2) is 5.54 Å². The third-order valence-corrected chi connectivity index (χ3v) is 1.92. The van der Waals surface area contributed by atoms with Crippen molar-refractivity contribution < 1.29 is 5.21 Å². The molecule has 0 bridgehead atoms. The fourth-order valence-electron chi connectivity index (χ4n) is 0.964. The fourth-order valence-corrected chi connectivity index (χ4v) is 1.09. The number of nitrogens with zero attached hydrogens (tertiary/aromatic N) is 1. The van der Waals surface area contributed by atoms with Crippen LogP contribution < -0.4 is 5.06 Å². The minimum Gasteiger partial charge on any atom is -0.215 e. The SMILES string of the molecule is CC(C)(C)N([O])c1ccc(Cl)cc1. The molecule has 2 nitrogen and oxygen atoms in total. The zero-order valence-electron chi connectivity index (χ0n) is 8.04. The van der Waals surface area contributed by atoms with Gasteiger partial charge < -0.3 is 0 Å². The molecule has 1 aromatic rings. The molecule has 13 heavy (non-hydrogen) atoms. The molecule has 0 heterocycles. The Bertz CT molecular complexity index is 276. The molecule has 0 saturated carbocycles. The van der Waals surface area contributed by atoms with Crippen LogP contribution in [-0.2, 0) is 5.21 Å². The molecule has 0 atom stereocenters. The minimum atomic E-state index is -0.409. The van der Waals surface area contributed by atoms with Gasteiger partial charge in [-0.3, -0.25) is 0 Å². The van der Waals surface area contributed by atoms with Gasteiger partial charge in [-0.15, -0.1) is 0 Å². The number of hydrogen-bond acceptors (Lipinski definition) is 1. The van der Waals surface area contributed by atoms with Gasteiger partial charge in [0, 0.05) is 5.02 Å². The van der Waals surface area contributed by atoms with E-state index in [9.17, 15) is 5.21 Å². The van der Waals surface area contributed by atoms with Gasteiger partial charge in [0.25, 0.3) is 0 Å². The van der Waals surface area contributed by atoms with Crippen molar-refractivity contribution in [3.8, 4) is 0 Å². The third kappa shape index (κ3) is 2.61. The first-order valence-corrected chi connectivity index (χ1v) is 4.52. The van der Waals surface area contributed by atoms with Gasteiger partial charge in [-0.2, -0.15) is 0 Å². The van der Waals surface area contributed by atoms with E-state index in [0.717, 1.165) is 5.06 Å². The summed E-state index contributed by atoms with van der Waals surface area (Å²) in [5.41, 5.74) is 0.227. The van der Waals surface area contributed by atoms with Crippen molar-refractivity contribution in [3.05, 3.63) is 29.3 Å². The van der Waals surface area contributed by atoms with Gasteiger partial charge in [0.2, 0.25) is 0 Å². The standard InChI is InChI=1S/C10H13ClNO/c1-10(2,3)12(13)9-6-4-8(11)5-7-9/h4-7H,1-3H3. The second-order valence-electron chi connectivity index (χ2n) is 3.94. The normalized spacial score (nSPS) is 11.5. The fraction of sp³-hybridized carbons (Fsp3) is 0.400. The van der Waals surface area contributed by atoms with Crippen LogP contribution in [0.25, 0.3) is 0 Å². The molecule has 71 valence electrons. The summed E-state index contributed by atoms with van der Waals surface area (Å²) in [6.45, 7) is 5.61. The molecule has 0 spiro atoms. The lowest BCUT2D eigenvalue weighted by molar-refractivity contribution is 0.102. The van der Waals surface area contributed by atoms with Crippen molar-refractivity contribution in [3.63, 3.8) is 0 Å². The maximum Gasteiger partial charge on any atom is 0.0674 e. The van der Waals surface area contributed by atoms with Crippen LogP contribution in [0, 0.1) is 0 Å². The molecule has 0 aromatic heterocycles. The highest BCUT2D eigenvalue weighted by atomic mass is 35.5. The van der Waals surface area contributed by atoms with Crippen LogP contribution in [0.5, 0.6) is 0 Å². The van der Waals surface area contributed by atoms with Crippen LogP contribution in [0.4, 0.5) is 5.69 Å². The van der Waals surface area contributed by atoms with E-state index in [1.165, 1.54) is 0 Å². The Morgan fingerprint density at radius 3 is 2.00 bits per heavy atom. The number of halogens is 1. The Hall–Kier alpha value is -0.730. The average molecular weight is 199 g/mol. The summed E-state index contributed by atoms with van der Waals surface area (Å²) in [6, 6.07) is 6.88. The minimum absolute atomic E-state index is 0.409. The Labute approximate surface area is 83.7 Å². The van der Waals surface area contributed by atoms with Crippen molar-refractivity contribution in [2.75, 3.05) is 5.06 Å². The van der Waals surface area contributed by atoms with Crippen molar-refractivity contribution in [2.45, 2.75) is 26.3 Å². The summed E-state index contributed by atoms with van der Waals surface area (Å²) in [7, 11) is 0. The van der Waals surface area contributed by atoms with Crippen LogP contribution in [0.1, 0.15) is 20.8 Å². The highest BCUT2D eigenvalue weighted by Gasteiger charge is 2.21. The lowest BCUT2D eigenvalue weighted by Gasteiger charge is -2.28. The second kappa shape index (κ2) is 3.56. The van der Waals surface area contributed by atoms with Gasteiger partial charge in [0.15, 0.2) is 0 Å². The topological polar surface area (TPSA) is 23.1 Å². The number of anilines is 1. The third-order valence-electron chi connectivity index (χ3n) is 1.67. The smallest absolute Gasteiger partial charge is 0.0674 e. The molecule has 0 saturated heterocycles. The quantitative estimate of drug-likeness (QED) is 0.635. The van der Waals surface area contributed by atoms with Crippen molar-refractivity contribution in [2.24, 2.45) is 0 Å². The lowest BCUT2D eigenvalue weighted by Crippen LogP contribution is -2.37. The summed E-state index contributed by atoms with van der Waals surface area (Å²) in [5.74, 6) is 0. The lowest BCUT2D eigenvalue weighted by atomic mass is 10.1. The van der Waals surface area contributed by atoms with Gasteiger partial charge in [0.1, 0.15) is 0 Å². The first-order valence-electron chi connectivity index (χ1n) is 4.14. The van der Waals surface area contributed by atoms with Crippen LogP contribution >= 0.6 is 11.6 Å².